The number of anilines is 3. The summed E-state index contributed by atoms with van der Waals surface area (Å²) < 4.78 is 151. The fourth-order valence-electron chi connectivity index (χ4n) is 13.1. The number of amides is 1. The number of ether oxygens (including phenoxy) is 1. The maximum absolute atomic E-state index is 13.8. The second kappa shape index (κ2) is 32.7. The number of hydrogen-bond donors (Lipinski definition) is 7. The molecule has 5 unspecified atom stereocenters. The smallest absolute Gasteiger partial charge is 0.280 e. The second-order valence-corrected chi connectivity index (χ2v) is 35.8. The quantitative estimate of drug-likeness (QED) is 0.00600. The summed E-state index contributed by atoms with van der Waals surface area (Å²) in [5.41, 5.74) is 13.1. The van der Waals surface area contributed by atoms with Crippen LogP contribution in [0.2, 0.25) is 0 Å². The molecule has 558 valence electrons. The molecule has 1 saturated carbocycles. The van der Waals surface area contributed by atoms with E-state index in [4.69, 9.17) is 20.1 Å². The van der Waals surface area contributed by atoms with E-state index in [0.717, 1.165) is 81.1 Å². The first-order chi connectivity index (χ1) is 47.3. The number of imidazole rings is 1. The predicted octanol–water partition coefficient (Wildman–Crippen LogP) is 5.54. The van der Waals surface area contributed by atoms with Gasteiger partial charge in [-0.15, -0.1) is 4.33 Å². The van der Waals surface area contributed by atoms with Gasteiger partial charge < -0.3 is 59.3 Å². The number of aliphatic hydroxyl groups excluding tert-OH is 1. The standard InChI is InChI=1S/C59H83N9O26P4S3/c1-38-15-19-45-43(33-38)58(2,3)49(66(45)26-11-31-100(81,82)83)21-16-39-13-10-14-40(17-22-50-59(4,5)44-34-42(99-91-90-72)18-20-46(44)67(50)27-12-32-101(84,85)86)53(39)65-28-23-41(24-29-65)55(70)61-25-8-6-7-9-30-87-95(73,74)92-97(77,78)94-98(79,80)93-96(75,76)88-36-48-47(69)35-51(89-48)68-37-62-52-54(68)63-57(60)64-56(52)71/h15-22,33-34,37,41,47-48,51,69H,6-14,23-32,35-36H2,1-5H3,(H10-,60,61,63,64,70,71,72,73,74,75,76,77,78,79,80,81,82,83,84,85,86)/p-3/t47?,48-,51-/m1/s1. The third kappa shape index (κ3) is 20.9. The average molecular weight is 1550 g/mol. The lowest BCUT2D eigenvalue weighted by Crippen LogP contribution is -2.40. The van der Waals surface area contributed by atoms with Gasteiger partial charge in [-0.2, -0.15) is 21.8 Å². The van der Waals surface area contributed by atoms with Crippen LogP contribution >= 0.6 is 43.3 Å². The highest BCUT2D eigenvalue weighted by atomic mass is 32.2. The maximum Gasteiger partial charge on any atom is 0.280 e. The first kappa shape index (κ1) is 79.9. The zero-order valence-corrected chi connectivity index (χ0v) is 61.6. The van der Waals surface area contributed by atoms with Gasteiger partial charge in [0.05, 0.1) is 49.2 Å². The van der Waals surface area contributed by atoms with E-state index in [1.807, 2.05) is 56.0 Å². The van der Waals surface area contributed by atoms with Gasteiger partial charge >= 0.3 is 0 Å². The summed E-state index contributed by atoms with van der Waals surface area (Å²) in [5, 5.41) is 26.2. The topological polar surface area (TPSA) is 512 Å². The molecule has 1 amide bonds. The van der Waals surface area contributed by atoms with Crippen molar-refractivity contribution < 1.29 is 120 Å². The zero-order valence-electron chi connectivity index (χ0n) is 55.6. The van der Waals surface area contributed by atoms with E-state index in [0.29, 0.717) is 69.5 Å². The first-order valence-electron chi connectivity index (χ1n) is 32.1. The number of nitrogen functional groups attached to an aromatic ring is 1. The lowest BCUT2D eigenvalue weighted by atomic mass is 9.82. The molecule has 35 nitrogen and oxygen atoms in total. The molecule has 3 fully saturated rings. The van der Waals surface area contributed by atoms with Crippen molar-refractivity contribution in [2.75, 3.05) is 73.0 Å². The number of nitrogens with two attached hydrogens (primary N) is 1. The van der Waals surface area contributed by atoms with E-state index >= 15 is 0 Å². The van der Waals surface area contributed by atoms with Gasteiger partial charge in [0.2, 0.25) is 17.6 Å². The number of phosphoric acid groups is 4. The van der Waals surface area contributed by atoms with Crippen molar-refractivity contribution in [2.45, 2.75) is 146 Å². The minimum atomic E-state index is -6.54. The highest BCUT2D eigenvalue weighted by Crippen LogP contribution is 2.67. The van der Waals surface area contributed by atoms with Crippen LogP contribution in [0.4, 0.5) is 17.3 Å². The van der Waals surface area contributed by atoms with Crippen LogP contribution in [0.5, 0.6) is 0 Å². The Morgan fingerprint density at radius 3 is 1.94 bits per heavy atom. The Morgan fingerprint density at radius 2 is 1.36 bits per heavy atom. The number of fused-ring (bicyclic) bond motifs is 3. The molecule has 2 aromatic heterocycles. The van der Waals surface area contributed by atoms with Crippen molar-refractivity contribution >= 4 is 104 Å². The van der Waals surface area contributed by atoms with Crippen molar-refractivity contribution in [1.29, 1.82) is 0 Å². The molecule has 9 rings (SSSR count). The van der Waals surface area contributed by atoms with Gasteiger partial charge in [0.1, 0.15) is 25.4 Å². The Balaban J connectivity index is 0.806. The van der Waals surface area contributed by atoms with Crippen LogP contribution in [0.1, 0.15) is 128 Å². The summed E-state index contributed by atoms with van der Waals surface area (Å²) >= 11 is 0.802. The number of aryl methyl sites for hydroxylation is 1. The van der Waals surface area contributed by atoms with E-state index in [9.17, 15) is 78.5 Å². The molecule has 5 aliphatic rings. The number of piperidine rings is 1. The van der Waals surface area contributed by atoms with Crippen LogP contribution < -0.4 is 46.0 Å². The van der Waals surface area contributed by atoms with Crippen LogP contribution in [0.3, 0.4) is 0 Å². The third-order valence-electron chi connectivity index (χ3n) is 17.8. The number of benzene rings is 2. The molecule has 2 saturated heterocycles. The summed E-state index contributed by atoms with van der Waals surface area (Å²) in [5.74, 6) is -1.69. The molecule has 4 aromatic rings. The number of aliphatic hydroxyl groups is 1. The zero-order chi connectivity index (χ0) is 73.7. The Hall–Kier alpha value is -5.18. The molecule has 0 spiro atoms. The largest absolute Gasteiger partial charge is 0.756 e. The number of phosphoric ester groups is 2. The molecule has 42 heteroatoms. The number of aromatic nitrogens is 4. The number of allylic oxidation sites excluding steroid dienone is 8. The molecule has 7 atom stereocenters. The van der Waals surface area contributed by atoms with Crippen LogP contribution in [0.15, 0.2) is 99.3 Å². The number of hydrogen-bond acceptors (Lipinski definition) is 30. The predicted molar refractivity (Wildman–Crippen MR) is 359 cm³/mol. The van der Waals surface area contributed by atoms with Crippen LogP contribution in [0.25, 0.3) is 11.2 Å². The number of rotatable bonds is 32. The minimum Gasteiger partial charge on any atom is -0.756 e. The molecule has 0 radical (unpaired) electrons. The molecule has 6 heterocycles. The third-order valence-corrected chi connectivity index (χ3v) is 25.7. The van der Waals surface area contributed by atoms with Gasteiger partial charge in [-0.05, 0) is 99.4 Å². The monoisotopic (exact) mass is 1550 g/mol. The molecular formula is C59H80N9O26P4S3-3. The van der Waals surface area contributed by atoms with Crippen LogP contribution in [-0.2, 0) is 90.2 Å². The van der Waals surface area contributed by atoms with Crippen molar-refractivity contribution in [2.24, 2.45) is 5.92 Å². The van der Waals surface area contributed by atoms with Gasteiger partial charge in [-0.1, -0.05) is 75.4 Å². The summed E-state index contributed by atoms with van der Waals surface area (Å²) in [6.45, 7) is 10.4. The van der Waals surface area contributed by atoms with Crippen LogP contribution in [0, 0.1) is 12.8 Å². The van der Waals surface area contributed by atoms with Gasteiger partial charge in [0.25, 0.3) is 57.1 Å². The van der Waals surface area contributed by atoms with Gasteiger partial charge in [-0.3, -0.25) is 46.5 Å². The number of nitrogens with one attached hydrogen (secondary N) is 2. The summed E-state index contributed by atoms with van der Waals surface area (Å²) in [4.78, 5) is 90.4. The Morgan fingerprint density at radius 1 is 0.802 bits per heavy atom. The SMILES string of the molecule is Cc1ccc2c(c1)C(C)(C)/C(=C/C=C1\CCCC(=CC=C3N(CCCS(=O)(=O)O)c4ccc(SOOO)cc4C3(C)C)C1=[N+]1CCC(C(=O)NCCCCCCOP(=O)([O-])OP(=O)([O-])OP(=O)([O-])OP(=O)([O-])OC[C@H]3O[C@@H](n4cnc5c(=O)[nH]c(N)nc54)CC3O)CC1)N2CCCS(=O)(=O)O. The highest BCUT2D eigenvalue weighted by molar-refractivity contribution is 7.94. The van der Waals surface area contributed by atoms with Crippen molar-refractivity contribution in [1.82, 2.24) is 24.8 Å². The van der Waals surface area contributed by atoms with E-state index < -0.39 is 111 Å². The molecular weight excluding hydrogens is 1470 g/mol. The van der Waals surface area contributed by atoms with Crippen molar-refractivity contribution in [3.05, 3.63) is 117 Å². The first-order valence-corrected chi connectivity index (χ1v) is 41.9. The number of aromatic amines is 1. The minimum absolute atomic E-state index is 0.00947. The maximum atomic E-state index is 13.8. The lowest BCUT2D eigenvalue weighted by molar-refractivity contribution is -0.539. The normalized spacial score (nSPS) is 24.1. The molecule has 2 aromatic carbocycles. The number of carbonyl (C=O) groups is 1. The number of H-pyrrole nitrogens is 1. The average Bonchev–Trinajstić information content (AvgIpc) is 1.60. The molecule has 8 N–H and O–H groups in total. The Labute approximate surface area is 586 Å². The number of carbonyl (C=O) groups excluding carboxylic acids is 1. The number of nitrogens with zero attached hydrogens (tertiary/aromatic N) is 6. The van der Waals surface area contributed by atoms with E-state index in [-0.39, 0.29) is 67.7 Å². The van der Waals surface area contributed by atoms with E-state index in [1.54, 1.807) is 6.07 Å². The van der Waals surface area contributed by atoms with E-state index in [2.05, 4.69) is 94.9 Å². The fourth-order valence-corrected chi connectivity index (χ4v) is 19.3. The van der Waals surface area contributed by atoms with Gasteiger partial charge in [0, 0.05) is 94.5 Å². The summed E-state index contributed by atoms with van der Waals surface area (Å²) in [7, 11) is -33.5. The van der Waals surface area contributed by atoms with Crippen molar-refractivity contribution in [3.8, 4) is 0 Å². The molecule has 101 heavy (non-hydrogen) atoms. The lowest BCUT2D eigenvalue weighted by Gasteiger charge is -2.36. The van der Waals surface area contributed by atoms with Crippen LogP contribution in [-0.4, -0.2) is 142 Å². The molecule has 0 bridgehead atoms. The fraction of sp³-hybridized carbons (Fsp3) is 0.542. The van der Waals surface area contributed by atoms with Gasteiger partial charge in [0.15, 0.2) is 11.2 Å². The van der Waals surface area contributed by atoms with Crippen molar-refractivity contribution in [3.63, 3.8) is 0 Å². The number of unbranched alkanes of at least 4 members (excludes halogenated alkanes) is 3. The summed E-state index contributed by atoms with van der Waals surface area (Å²) in [6.07, 6.45) is 9.75. The Kier molecular flexibility index (Phi) is 25.9. The molecule has 4 aliphatic heterocycles. The second-order valence-electron chi connectivity index (χ2n) is 25.8. The molecule has 1 aliphatic carbocycles. The Bertz CT molecular complexity index is 4420. The van der Waals surface area contributed by atoms with Gasteiger partial charge in [-0.25, -0.2) is 27.7 Å². The van der Waals surface area contributed by atoms with E-state index in [1.165, 1.54) is 4.57 Å². The summed E-state index contributed by atoms with van der Waals surface area (Å²) in [6, 6.07) is 11.7. The highest BCUT2D eigenvalue weighted by Gasteiger charge is 2.44.